The average molecular weight is 582 g/mol. The number of nitrogens with one attached hydrogen (secondary N) is 2. The summed E-state index contributed by atoms with van der Waals surface area (Å²) >= 11 is 0. The summed E-state index contributed by atoms with van der Waals surface area (Å²) in [6.45, 7) is 1.07. The van der Waals surface area contributed by atoms with Crippen LogP contribution in [0, 0.1) is 11.3 Å². The molecule has 0 amide bonds. The molecule has 5 heterocycles. The monoisotopic (exact) mass is 581 g/mol. The molecule has 0 bridgehead atoms. The molecule has 1 saturated heterocycles. The predicted octanol–water partition coefficient (Wildman–Crippen LogP) is 3.59. The number of hydrogen-bond acceptors (Lipinski definition) is 9. The van der Waals surface area contributed by atoms with Crippen LogP contribution in [0.2, 0.25) is 0 Å². The molecular formula is C28H30F3N9O2. The minimum absolute atomic E-state index is 0.0601. The third-order valence-electron chi connectivity index (χ3n) is 8.14. The zero-order valence-electron chi connectivity index (χ0n) is 22.7. The minimum atomic E-state index is -4.60. The lowest BCUT2D eigenvalue weighted by atomic mass is 9.82. The molecule has 1 aliphatic heterocycles. The van der Waals surface area contributed by atoms with Gasteiger partial charge in [-0.05, 0) is 43.4 Å². The number of H-pyrrole nitrogens is 1. The number of nitriles is 1. The third-order valence-corrected chi connectivity index (χ3v) is 8.14. The smallest absolute Gasteiger partial charge is 0.433 e. The van der Waals surface area contributed by atoms with Crippen LogP contribution < -0.4 is 10.1 Å². The van der Waals surface area contributed by atoms with Crippen molar-refractivity contribution >= 4 is 11.0 Å². The van der Waals surface area contributed by atoms with Gasteiger partial charge >= 0.3 is 6.18 Å². The van der Waals surface area contributed by atoms with Crippen molar-refractivity contribution in [3.63, 3.8) is 0 Å². The number of alkyl halides is 3. The Balaban J connectivity index is 1.09. The molecule has 0 aromatic carbocycles. The van der Waals surface area contributed by atoms with Crippen molar-refractivity contribution in [2.24, 2.45) is 0 Å². The van der Waals surface area contributed by atoms with Crippen LogP contribution in [0.5, 0.6) is 5.88 Å². The highest BCUT2D eigenvalue weighted by Gasteiger charge is 2.48. The number of aliphatic hydroxyl groups is 1. The molecule has 11 nitrogen and oxygen atoms in total. The molecule has 220 valence electrons. The van der Waals surface area contributed by atoms with E-state index in [-0.39, 0.29) is 31.3 Å². The van der Waals surface area contributed by atoms with E-state index in [4.69, 9.17) is 9.84 Å². The molecule has 1 saturated carbocycles. The fourth-order valence-electron chi connectivity index (χ4n) is 6.03. The van der Waals surface area contributed by atoms with Crippen LogP contribution in [-0.4, -0.2) is 71.7 Å². The van der Waals surface area contributed by atoms with Crippen molar-refractivity contribution in [3.05, 3.63) is 54.4 Å². The van der Waals surface area contributed by atoms with Gasteiger partial charge in [0.1, 0.15) is 29.3 Å². The number of ether oxygens (including phenoxy) is 1. The van der Waals surface area contributed by atoms with Crippen molar-refractivity contribution < 1.29 is 23.0 Å². The van der Waals surface area contributed by atoms with E-state index in [2.05, 4.69) is 41.3 Å². The van der Waals surface area contributed by atoms with Crippen LogP contribution in [0.15, 0.2) is 43.1 Å². The standard InChI is InChI=1S/C28H30F3N9O2/c29-28(30,31)23-9-18(11-33-17-41)10-24(38-23)42-21-3-1-20(2-4-21)39-14-27(15-39,6-7-32)40-13-19(12-37-40)25-22-5-8-34-26(22)36-16-35-25/h5,8-10,12-13,16,20-21,33,41H,1-4,6,11,14-15,17H2,(H,34,35,36). The van der Waals surface area contributed by atoms with E-state index < -0.39 is 17.4 Å². The molecule has 0 radical (unpaired) electrons. The Labute approximate surface area is 239 Å². The largest absolute Gasteiger partial charge is 0.474 e. The fourth-order valence-corrected chi connectivity index (χ4v) is 6.03. The number of pyridine rings is 1. The number of fused-ring (bicyclic) bond motifs is 1. The van der Waals surface area contributed by atoms with Gasteiger partial charge in [-0.3, -0.25) is 14.9 Å². The number of nitrogens with zero attached hydrogens (tertiary/aromatic N) is 7. The van der Waals surface area contributed by atoms with Crippen LogP contribution in [-0.2, 0) is 18.3 Å². The number of aromatic amines is 1. The lowest BCUT2D eigenvalue weighted by Crippen LogP contribution is -2.65. The van der Waals surface area contributed by atoms with Crippen LogP contribution in [0.4, 0.5) is 13.2 Å². The molecule has 2 fully saturated rings. The van der Waals surface area contributed by atoms with E-state index in [1.807, 2.05) is 23.1 Å². The van der Waals surface area contributed by atoms with Crippen molar-refractivity contribution in [1.82, 2.24) is 39.9 Å². The van der Waals surface area contributed by atoms with Crippen molar-refractivity contribution in [3.8, 4) is 23.2 Å². The number of halogens is 3. The molecule has 0 spiro atoms. The van der Waals surface area contributed by atoms with E-state index in [9.17, 15) is 18.4 Å². The lowest BCUT2D eigenvalue weighted by molar-refractivity contribution is -0.141. The van der Waals surface area contributed by atoms with Gasteiger partial charge in [-0.25, -0.2) is 15.0 Å². The molecule has 0 atom stereocenters. The van der Waals surface area contributed by atoms with Gasteiger partial charge in [0.05, 0.1) is 31.1 Å². The quantitative estimate of drug-likeness (QED) is 0.253. The molecule has 6 rings (SSSR count). The van der Waals surface area contributed by atoms with Gasteiger partial charge in [0.25, 0.3) is 0 Å². The molecular weight excluding hydrogens is 551 g/mol. The van der Waals surface area contributed by atoms with Crippen molar-refractivity contribution in [2.75, 3.05) is 19.8 Å². The number of aliphatic hydroxyl groups excluding tert-OH is 1. The molecule has 0 unspecified atom stereocenters. The Bertz CT molecular complexity index is 1580. The van der Waals surface area contributed by atoms with E-state index >= 15 is 0 Å². The maximum atomic E-state index is 13.4. The summed E-state index contributed by atoms with van der Waals surface area (Å²) in [6, 6.07) is 6.98. The maximum Gasteiger partial charge on any atom is 0.433 e. The van der Waals surface area contributed by atoms with Gasteiger partial charge in [0.2, 0.25) is 5.88 Å². The third kappa shape index (κ3) is 5.55. The molecule has 42 heavy (non-hydrogen) atoms. The lowest BCUT2D eigenvalue weighted by Gasteiger charge is -2.53. The highest BCUT2D eigenvalue weighted by molar-refractivity contribution is 5.90. The summed E-state index contributed by atoms with van der Waals surface area (Å²) in [4.78, 5) is 17.8. The maximum absolute atomic E-state index is 13.4. The second kappa shape index (κ2) is 11.3. The van der Waals surface area contributed by atoms with Crippen LogP contribution in [0.1, 0.15) is 43.4 Å². The Morgan fingerprint density at radius 3 is 2.74 bits per heavy atom. The Kier molecular flexibility index (Phi) is 7.56. The first-order valence-electron chi connectivity index (χ1n) is 13.8. The molecule has 1 aliphatic carbocycles. The number of aromatic nitrogens is 6. The number of rotatable bonds is 9. The summed E-state index contributed by atoms with van der Waals surface area (Å²) in [7, 11) is 0. The first-order chi connectivity index (χ1) is 20.3. The zero-order valence-corrected chi connectivity index (χ0v) is 22.7. The second-order valence-corrected chi connectivity index (χ2v) is 10.9. The molecule has 3 N–H and O–H groups in total. The summed E-state index contributed by atoms with van der Waals surface area (Å²) in [5.41, 5.74) is 1.26. The van der Waals surface area contributed by atoms with E-state index in [1.165, 1.54) is 12.4 Å². The summed E-state index contributed by atoms with van der Waals surface area (Å²) in [5.74, 6) is -0.0601. The average Bonchev–Trinajstić information content (AvgIpc) is 3.64. The fraction of sp³-hybridized carbons (Fsp3) is 0.464. The minimum Gasteiger partial charge on any atom is -0.474 e. The van der Waals surface area contributed by atoms with Gasteiger partial charge < -0.3 is 14.8 Å². The summed E-state index contributed by atoms with van der Waals surface area (Å²) in [5, 5.41) is 26.7. The van der Waals surface area contributed by atoms with Gasteiger partial charge in [-0.2, -0.15) is 23.5 Å². The van der Waals surface area contributed by atoms with Crippen LogP contribution >= 0.6 is 0 Å². The first kappa shape index (κ1) is 28.1. The highest BCUT2D eigenvalue weighted by Crippen LogP contribution is 2.39. The van der Waals surface area contributed by atoms with Gasteiger partial charge in [-0.15, -0.1) is 0 Å². The van der Waals surface area contributed by atoms with Crippen molar-refractivity contribution in [2.45, 2.75) is 62.5 Å². The van der Waals surface area contributed by atoms with E-state index in [0.717, 1.165) is 41.2 Å². The van der Waals surface area contributed by atoms with E-state index in [1.54, 1.807) is 6.20 Å². The summed E-state index contributed by atoms with van der Waals surface area (Å²) < 4.78 is 48.0. The highest BCUT2D eigenvalue weighted by atomic mass is 19.4. The normalized spacial score (nSPS) is 20.7. The van der Waals surface area contributed by atoms with Crippen LogP contribution in [0.3, 0.4) is 0 Å². The first-order valence-corrected chi connectivity index (χ1v) is 13.8. The molecule has 14 heteroatoms. The number of hydrogen-bond donors (Lipinski definition) is 3. The summed E-state index contributed by atoms with van der Waals surface area (Å²) in [6.07, 6.45) is 5.53. The van der Waals surface area contributed by atoms with Gasteiger partial charge in [-0.1, -0.05) is 0 Å². The second-order valence-electron chi connectivity index (χ2n) is 10.9. The number of likely N-dealkylation sites (tertiary alicyclic amines) is 1. The SMILES string of the molecule is N#CCC1(n2cc(-c3ncnc4[nH]ccc34)cn2)CN(C2CCC(Oc3cc(CNCO)cc(C(F)(F)F)n3)CC2)C1. The van der Waals surface area contributed by atoms with E-state index in [0.29, 0.717) is 37.9 Å². The zero-order chi connectivity index (χ0) is 29.3. The topological polar surface area (TPSA) is 141 Å². The van der Waals surface area contributed by atoms with Gasteiger partial charge in [0.15, 0.2) is 0 Å². The Morgan fingerprint density at radius 1 is 1.19 bits per heavy atom. The molecule has 4 aromatic heterocycles. The van der Waals surface area contributed by atoms with Crippen molar-refractivity contribution in [1.29, 1.82) is 5.26 Å². The Hall–Kier alpha value is -4.06. The molecule has 2 aliphatic rings. The Morgan fingerprint density at radius 2 is 2.00 bits per heavy atom. The molecule has 4 aromatic rings. The van der Waals surface area contributed by atoms with Crippen LogP contribution in [0.25, 0.3) is 22.3 Å². The predicted molar refractivity (Wildman–Crippen MR) is 145 cm³/mol. The van der Waals surface area contributed by atoms with Gasteiger partial charge in [0, 0.05) is 55.1 Å².